The number of nitro groups is 1. The molecule has 2 aromatic carbocycles. The summed E-state index contributed by atoms with van der Waals surface area (Å²) >= 11 is 0. The molecule has 0 fully saturated rings. The molecule has 0 heterocycles. The maximum Gasteiger partial charge on any atom is 0.311 e. The maximum atomic E-state index is 13.0. The molecule has 178 valence electrons. The number of nitrogens with zero attached hydrogens (tertiary/aromatic N) is 2. The predicted molar refractivity (Wildman–Crippen MR) is 124 cm³/mol. The lowest BCUT2D eigenvalue weighted by Gasteiger charge is -2.29. The summed E-state index contributed by atoms with van der Waals surface area (Å²) in [6.07, 6.45) is 0.583. The normalized spacial score (nSPS) is 11.5. The van der Waals surface area contributed by atoms with Gasteiger partial charge in [0.05, 0.1) is 12.0 Å². The number of amides is 2. The van der Waals surface area contributed by atoms with Gasteiger partial charge >= 0.3 is 5.69 Å². The molecule has 0 aliphatic heterocycles. The van der Waals surface area contributed by atoms with Crippen LogP contribution in [0.25, 0.3) is 0 Å². The first-order valence-electron chi connectivity index (χ1n) is 10.8. The Hall–Kier alpha value is -3.62. The Morgan fingerprint density at radius 2 is 1.82 bits per heavy atom. The third-order valence-electron chi connectivity index (χ3n) is 5.05. The molecule has 0 radical (unpaired) electrons. The van der Waals surface area contributed by atoms with E-state index in [4.69, 9.17) is 9.47 Å². The minimum atomic E-state index is -0.685. The van der Waals surface area contributed by atoms with Gasteiger partial charge in [-0.05, 0) is 30.9 Å². The van der Waals surface area contributed by atoms with Crippen molar-refractivity contribution in [3.63, 3.8) is 0 Å². The third kappa shape index (κ3) is 7.78. The van der Waals surface area contributed by atoms with Crippen LogP contribution < -0.4 is 14.8 Å². The molecule has 0 aliphatic rings. The first-order valence-corrected chi connectivity index (χ1v) is 10.8. The molecule has 2 amide bonds. The Bertz CT molecular complexity index is 948. The van der Waals surface area contributed by atoms with Gasteiger partial charge in [-0.25, -0.2) is 0 Å². The molecule has 0 saturated carbocycles. The maximum absolute atomic E-state index is 13.0. The van der Waals surface area contributed by atoms with E-state index in [1.54, 1.807) is 6.92 Å². The van der Waals surface area contributed by atoms with Gasteiger partial charge in [-0.1, -0.05) is 44.2 Å². The fourth-order valence-electron chi connectivity index (χ4n) is 3.15. The molecule has 9 heteroatoms. The number of ether oxygens (including phenoxy) is 2. The molecule has 0 saturated heterocycles. The van der Waals surface area contributed by atoms with E-state index < -0.39 is 11.0 Å². The molecular weight excluding hydrogens is 426 g/mol. The zero-order valence-corrected chi connectivity index (χ0v) is 19.4. The standard InChI is InChI=1S/C24H31N3O6/c1-17(2)15-25-24(29)18(3)26(13-12-19-8-6-5-7-9-19)23(28)16-33-20-10-11-21(27(30)31)22(14-20)32-4/h5-11,14,17-18H,12-13,15-16H2,1-4H3,(H,25,29)/t18-/m0/s1. The molecule has 1 atom stereocenters. The van der Waals surface area contributed by atoms with Crippen molar-refractivity contribution in [2.45, 2.75) is 33.2 Å². The second kappa shape index (κ2) is 12.4. The van der Waals surface area contributed by atoms with Crippen LogP contribution in [0.5, 0.6) is 11.5 Å². The summed E-state index contributed by atoms with van der Waals surface area (Å²) in [6, 6.07) is 13.0. The van der Waals surface area contributed by atoms with Crippen LogP contribution in [0.3, 0.4) is 0 Å². The van der Waals surface area contributed by atoms with Gasteiger partial charge in [-0.3, -0.25) is 19.7 Å². The smallest absolute Gasteiger partial charge is 0.311 e. The Morgan fingerprint density at radius 3 is 2.42 bits per heavy atom. The topological polar surface area (TPSA) is 111 Å². The molecule has 0 unspecified atom stereocenters. The molecule has 2 aromatic rings. The first kappa shape index (κ1) is 25.6. The van der Waals surface area contributed by atoms with E-state index >= 15 is 0 Å². The van der Waals surface area contributed by atoms with Gasteiger partial charge in [0.25, 0.3) is 5.91 Å². The third-order valence-corrected chi connectivity index (χ3v) is 5.05. The van der Waals surface area contributed by atoms with Crippen LogP contribution in [-0.4, -0.2) is 54.5 Å². The van der Waals surface area contributed by atoms with Crippen molar-refractivity contribution >= 4 is 17.5 Å². The van der Waals surface area contributed by atoms with E-state index in [1.807, 2.05) is 44.2 Å². The zero-order chi connectivity index (χ0) is 24.4. The summed E-state index contributed by atoms with van der Waals surface area (Å²) in [5, 5.41) is 13.9. The number of methoxy groups -OCH3 is 1. The van der Waals surface area contributed by atoms with E-state index in [-0.39, 0.29) is 41.5 Å². The molecule has 0 aromatic heterocycles. The zero-order valence-electron chi connectivity index (χ0n) is 19.4. The minimum Gasteiger partial charge on any atom is -0.490 e. The monoisotopic (exact) mass is 457 g/mol. The number of hydrogen-bond donors (Lipinski definition) is 1. The lowest BCUT2D eigenvalue weighted by molar-refractivity contribution is -0.385. The van der Waals surface area contributed by atoms with Crippen molar-refractivity contribution in [3.05, 3.63) is 64.2 Å². The van der Waals surface area contributed by atoms with Crippen LogP contribution in [0.1, 0.15) is 26.3 Å². The highest BCUT2D eigenvalue weighted by molar-refractivity contribution is 5.88. The number of nitro benzene ring substituents is 1. The first-order chi connectivity index (χ1) is 15.7. The van der Waals surface area contributed by atoms with Gasteiger partial charge in [0.2, 0.25) is 11.7 Å². The Morgan fingerprint density at radius 1 is 1.12 bits per heavy atom. The summed E-state index contributed by atoms with van der Waals surface area (Å²) in [5.74, 6) is -0.0225. The number of carbonyl (C=O) groups is 2. The second-order valence-electron chi connectivity index (χ2n) is 8.02. The van der Waals surface area contributed by atoms with Crippen molar-refractivity contribution in [1.82, 2.24) is 10.2 Å². The Kier molecular flexibility index (Phi) is 9.65. The van der Waals surface area contributed by atoms with Crippen molar-refractivity contribution in [2.24, 2.45) is 5.92 Å². The van der Waals surface area contributed by atoms with Crippen LogP contribution in [0.2, 0.25) is 0 Å². The Balaban J connectivity index is 2.11. The highest BCUT2D eigenvalue weighted by atomic mass is 16.6. The molecule has 1 N–H and O–H groups in total. The summed E-state index contributed by atoms with van der Waals surface area (Å²) in [4.78, 5) is 37.7. The summed E-state index contributed by atoms with van der Waals surface area (Å²) in [5.41, 5.74) is 0.849. The van der Waals surface area contributed by atoms with Crippen molar-refractivity contribution < 1.29 is 24.0 Å². The van der Waals surface area contributed by atoms with Gasteiger partial charge < -0.3 is 19.7 Å². The molecular formula is C24H31N3O6. The van der Waals surface area contributed by atoms with Gasteiger partial charge in [-0.15, -0.1) is 0 Å². The second-order valence-corrected chi connectivity index (χ2v) is 8.02. The fourth-order valence-corrected chi connectivity index (χ4v) is 3.15. The average molecular weight is 458 g/mol. The van der Waals surface area contributed by atoms with Crippen LogP contribution in [0.15, 0.2) is 48.5 Å². The molecule has 0 bridgehead atoms. The number of hydrogen-bond acceptors (Lipinski definition) is 6. The SMILES string of the molecule is COc1cc(OCC(=O)N(CCc2ccccc2)[C@@H](C)C(=O)NCC(C)C)ccc1[N+](=O)[O-]. The van der Waals surface area contributed by atoms with Crippen LogP contribution in [-0.2, 0) is 16.0 Å². The minimum absolute atomic E-state index is 0.0345. The largest absolute Gasteiger partial charge is 0.490 e. The van der Waals surface area contributed by atoms with E-state index in [9.17, 15) is 19.7 Å². The van der Waals surface area contributed by atoms with Crippen LogP contribution >= 0.6 is 0 Å². The average Bonchev–Trinajstić information content (AvgIpc) is 2.81. The van der Waals surface area contributed by atoms with Crippen LogP contribution in [0.4, 0.5) is 5.69 Å². The fraction of sp³-hybridized carbons (Fsp3) is 0.417. The van der Waals surface area contributed by atoms with Crippen LogP contribution in [0, 0.1) is 16.0 Å². The molecule has 0 aliphatic carbocycles. The van der Waals surface area contributed by atoms with Crippen molar-refractivity contribution in [3.8, 4) is 11.5 Å². The van der Waals surface area contributed by atoms with Crippen molar-refractivity contribution in [2.75, 3.05) is 26.8 Å². The van der Waals surface area contributed by atoms with E-state index in [0.717, 1.165) is 5.56 Å². The lowest BCUT2D eigenvalue weighted by Crippen LogP contribution is -2.50. The molecule has 9 nitrogen and oxygen atoms in total. The quantitative estimate of drug-likeness (QED) is 0.387. The lowest BCUT2D eigenvalue weighted by atomic mass is 10.1. The number of carbonyl (C=O) groups excluding carboxylic acids is 2. The van der Waals surface area contributed by atoms with Gasteiger partial charge in [0.1, 0.15) is 11.8 Å². The molecule has 2 rings (SSSR count). The van der Waals surface area contributed by atoms with Gasteiger partial charge in [0, 0.05) is 25.2 Å². The summed E-state index contributed by atoms with van der Waals surface area (Å²) in [7, 11) is 1.32. The summed E-state index contributed by atoms with van der Waals surface area (Å²) in [6.45, 7) is 6.21. The molecule has 0 spiro atoms. The number of benzene rings is 2. The van der Waals surface area contributed by atoms with Crippen molar-refractivity contribution in [1.29, 1.82) is 0 Å². The Labute approximate surface area is 193 Å². The molecule has 33 heavy (non-hydrogen) atoms. The highest BCUT2D eigenvalue weighted by Gasteiger charge is 2.26. The van der Waals surface area contributed by atoms with Gasteiger partial charge in [0.15, 0.2) is 6.61 Å². The summed E-state index contributed by atoms with van der Waals surface area (Å²) < 4.78 is 10.6. The van der Waals surface area contributed by atoms with E-state index in [2.05, 4.69) is 5.32 Å². The predicted octanol–water partition coefficient (Wildman–Crippen LogP) is 3.21. The number of nitrogens with one attached hydrogen (secondary N) is 1. The number of rotatable bonds is 12. The van der Waals surface area contributed by atoms with E-state index in [1.165, 1.54) is 30.2 Å². The van der Waals surface area contributed by atoms with Gasteiger partial charge in [-0.2, -0.15) is 0 Å². The highest BCUT2D eigenvalue weighted by Crippen LogP contribution is 2.30. The van der Waals surface area contributed by atoms with E-state index in [0.29, 0.717) is 19.5 Å².